The van der Waals surface area contributed by atoms with Gasteiger partial charge >= 0.3 is 0 Å². The Hall–Kier alpha value is -0.0400. The molecule has 0 spiro atoms. The average Bonchev–Trinajstić information content (AvgIpc) is 1.89. The van der Waals surface area contributed by atoms with Gasteiger partial charge < -0.3 is 5.32 Å². The Morgan fingerprint density at radius 1 is 1.22 bits per heavy atom. The molecule has 1 N–H and O–H groups in total. The molecule has 0 rings (SSSR count). The molecule has 1 radical (unpaired) electrons. The molecule has 9 heavy (non-hydrogen) atoms. The predicted octanol–water partition coefficient (Wildman–Crippen LogP) is 2.34. The Kier molecular flexibility index (Phi) is 7.92. The van der Waals surface area contributed by atoms with E-state index in [-0.39, 0.29) is 0 Å². The summed E-state index contributed by atoms with van der Waals surface area (Å²) in [5.74, 6) is 0. The lowest BCUT2D eigenvalue weighted by Crippen LogP contribution is -1.99. The van der Waals surface area contributed by atoms with Crippen molar-refractivity contribution in [1.29, 1.82) is 0 Å². The summed E-state index contributed by atoms with van der Waals surface area (Å²) >= 11 is 0. The lowest BCUT2D eigenvalue weighted by molar-refractivity contribution is 0.647. The molecule has 0 aromatic rings. The van der Waals surface area contributed by atoms with Crippen molar-refractivity contribution >= 4 is 0 Å². The van der Waals surface area contributed by atoms with Crippen molar-refractivity contribution in [3.8, 4) is 0 Å². The highest BCUT2D eigenvalue weighted by molar-refractivity contribution is 4.56. The Morgan fingerprint density at radius 3 is 2.56 bits per heavy atom. The van der Waals surface area contributed by atoms with E-state index in [9.17, 15) is 0 Å². The maximum absolute atomic E-state index is 3.02. The quantitative estimate of drug-likeness (QED) is 0.541. The molecule has 0 atom stereocenters. The van der Waals surface area contributed by atoms with E-state index >= 15 is 0 Å². The number of hydrogen-bond donors (Lipinski definition) is 1. The number of rotatable bonds is 6. The second-order valence-corrected chi connectivity index (χ2v) is 2.34. The molecule has 1 nitrogen and oxygen atoms in total. The maximum Gasteiger partial charge on any atom is 0.0218 e. The van der Waals surface area contributed by atoms with E-state index in [1.54, 1.807) is 0 Å². The molecule has 0 saturated carbocycles. The second kappa shape index (κ2) is 7.96. The van der Waals surface area contributed by atoms with Crippen LogP contribution in [0, 0.1) is 6.54 Å². The van der Waals surface area contributed by atoms with E-state index in [4.69, 9.17) is 0 Å². The van der Waals surface area contributed by atoms with Crippen LogP contribution in [0.4, 0.5) is 0 Å². The van der Waals surface area contributed by atoms with Gasteiger partial charge in [-0.25, -0.2) is 0 Å². The van der Waals surface area contributed by atoms with Gasteiger partial charge in [-0.2, -0.15) is 0 Å². The van der Waals surface area contributed by atoms with Crippen LogP contribution in [-0.2, 0) is 0 Å². The van der Waals surface area contributed by atoms with Crippen molar-refractivity contribution in [3.05, 3.63) is 6.54 Å². The molecular weight excluding hydrogens is 110 g/mol. The smallest absolute Gasteiger partial charge is 0.0218 e. The summed E-state index contributed by atoms with van der Waals surface area (Å²) in [5, 5.41) is 3.02. The van der Waals surface area contributed by atoms with E-state index in [0.29, 0.717) is 0 Å². The van der Waals surface area contributed by atoms with Gasteiger partial charge in [-0.15, -0.1) is 0 Å². The van der Waals surface area contributed by atoms with Gasteiger partial charge in [-0.05, 0) is 13.5 Å². The van der Waals surface area contributed by atoms with Gasteiger partial charge in [0.2, 0.25) is 0 Å². The molecule has 1 heteroatoms. The second-order valence-electron chi connectivity index (χ2n) is 2.34. The largest absolute Gasteiger partial charge is 0.315 e. The van der Waals surface area contributed by atoms with Crippen molar-refractivity contribution in [2.45, 2.75) is 39.0 Å². The van der Waals surface area contributed by atoms with Crippen molar-refractivity contribution in [3.63, 3.8) is 0 Å². The van der Waals surface area contributed by atoms with Crippen molar-refractivity contribution in [2.24, 2.45) is 0 Å². The fourth-order valence-electron chi connectivity index (χ4n) is 0.818. The lowest BCUT2D eigenvalue weighted by atomic mass is 10.1. The zero-order chi connectivity index (χ0) is 6.95. The number of nitrogens with one attached hydrogen (secondary N) is 1. The Bertz CT molecular complexity index is 37.8. The lowest BCUT2D eigenvalue weighted by Gasteiger charge is -1.96. The van der Waals surface area contributed by atoms with Gasteiger partial charge in [0, 0.05) is 6.54 Å². The van der Waals surface area contributed by atoms with Crippen LogP contribution in [0.2, 0.25) is 0 Å². The van der Waals surface area contributed by atoms with Gasteiger partial charge in [0.15, 0.2) is 0 Å². The summed E-state index contributed by atoms with van der Waals surface area (Å²) in [6.45, 7) is 4.36. The van der Waals surface area contributed by atoms with E-state index < -0.39 is 0 Å². The molecule has 0 bridgehead atoms. The Balaban J connectivity index is 2.60. The van der Waals surface area contributed by atoms with E-state index in [1.165, 1.54) is 32.1 Å². The summed E-state index contributed by atoms with van der Waals surface area (Å²) < 4.78 is 0. The molecule has 0 saturated heterocycles. The molecule has 0 heterocycles. The van der Waals surface area contributed by atoms with Gasteiger partial charge in [-0.1, -0.05) is 32.6 Å². The standard InChI is InChI=1S/C8H18N/c1-3-4-5-6-7-8-9-2/h8-9H,3-7H2,1-2H3. The summed E-state index contributed by atoms with van der Waals surface area (Å²) in [6, 6.07) is 0. The molecule has 0 aromatic carbocycles. The van der Waals surface area contributed by atoms with Crippen LogP contribution in [0.3, 0.4) is 0 Å². The van der Waals surface area contributed by atoms with Crippen LogP contribution in [0.1, 0.15) is 39.0 Å². The van der Waals surface area contributed by atoms with Crippen LogP contribution < -0.4 is 5.32 Å². The van der Waals surface area contributed by atoms with Crippen molar-refractivity contribution in [1.82, 2.24) is 5.32 Å². The van der Waals surface area contributed by atoms with Gasteiger partial charge in [0.1, 0.15) is 0 Å². The van der Waals surface area contributed by atoms with E-state index in [0.717, 1.165) is 0 Å². The van der Waals surface area contributed by atoms with Gasteiger partial charge in [0.05, 0.1) is 0 Å². The fourth-order valence-corrected chi connectivity index (χ4v) is 0.818. The molecule has 0 amide bonds. The molecular formula is C8H18N. The molecule has 55 valence electrons. The number of unbranched alkanes of at least 4 members (excludes halogenated alkanes) is 4. The SMILES string of the molecule is CCCCCC[CH]NC. The van der Waals surface area contributed by atoms with Crippen LogP contribution in [-0.4, -0.2) is 7.05 Å². The summed E-state index contributed by atoms with van der Waals surface area (Å²) in [4.78, 5) is 0. The molecule has 0 unspecified atom stereocenters. The highest BCUT2D eigenvalue weighted by atomic mass is 14.8. The fraction of sp³-hybridized carbons (Fsp3) is 0.875. The first-order chi connectivity index (χ1) is 4.41. The first-order valence-corrected chi connectivity index (χ1v) is 3.90. The van der Waals surface area contributed by atoms with E-state index in [1.807, 2.05) is 7.05 Å². The first-order valence-electron chi connectivity index (χ1n) is 3.90. The molecule has 0 aliphatic carbocycles. The van der Waals surface area contributed by atoms with Crippen molar-refractivity contribution in [2.75, 3.05) is 7.05 Å². The van der Waals surface area contributed by atoms with Gasteiger partial charge in [0.25, 0.3) is 0 Å². The minimum atomic E-state index is 1.22. The molecule has 0 aliphatic rings. The highest BCUT2D eigenvalue weighted by Gasteiger charge is 1.85. The molecule has 0 aliphatic heterocycles. The monoisotopic (exact) mass is 128 g/mol. The average molecular weight is 128 g/mol. The topological polar surface area (TPSA) is 12.0 Å². The molecule has 0 fully saturated rings. The minimum Gasteiger partial charge on any atom is -0.315 e. The normalized spacial score (nSPS) is 10.0. The minimum absolute atomic E-state index is 1.22. The predicted molar refractivity (Wildman–Crippen MR) is 42.1 cm³/mol. The number of hydrogen-bond acceptors (Lipinski definition) is 1. The Labute approximate surface area is 58.8 Å². The molecule has 0 aromatic heterocycles. The van der Waals surface area contributed by atoms with Crippen LogP contribution in [0.5, 0.6) is 0 Å². The van der Waals surface area contributed by atoms with Crippen LogP contribution in [0.25, 0.3) is 0 Å². The third-order valence-electron chi connectivity index (χ3n) is 1.41. The van der Waals surface area contributed by atoms with Crippen molar-refractivity contribution < 1.29 is 0 Å². The summed E-state index contributed by atoms with van der Waals surface area (Å²) in [7, 11) is 1.96. The maximum atomic E-state index is 3.02. The first kappa shape index (κ1) is 8.96. The third-order valence-corrected chi connectivity index (χ3v) is 1.41. The van der Waals surface area contributed by atoms with Gasteiger partial charge in [-0.3, -0.25) is 0 Å². The third kappa shape index (κ3) is 7.96. The van der Waals surface area contributed by atoms with Crippen LogP contribution in [0.15, 0.2) is 0 Å². The Morgan fingerprint density at radius 2 is 2.00 bits per heavy atom. The zero-order valence-electron chi connectivity index (χ0n) is 6.61. The van der Waals surface area contributed by atoms with E-state index in [2.05, 4.69) is 18.8 Å². The van der Waals surface area contributed by atoms with Crippen LogP contribution >= 0.6 is 0 Å². The summed E-state index contributed by atoms with van der Waals surface area (Å²) in [5.41, 5.74) is 0. The summed E-state index contributed by atoms with van der Waals surface area (Å²) in [6.07, 6.45) is 6.66. The zero-order valence-corrected chi connectivity index (χ0v) is 6.61. The highest BCUT2D eigenvalue weighted by Crippen LogP contribution is 2.02.